The molecule has 0 spiro atoms. The molecule has 0 radical (unpaired) electrons. The van der Waals surface area contributed by atoms with Crippen molar-refractivity contribution in [3.05, 3.63) is 46.1 Å². The number of aryl methyl sites for hydroxylation is 1. The van der Waals surface area contributed by atoms with Crippen molar-refractivity contribution in [2.24, 2.45) is 0 Å². The van der Waals surface area contributed by atoms with Gasteiger partial charge in [-0.05, 0) is 52.0 Å². The zero-order valence-electron chi connectivity index (χ0n) is 11.3. The summed E-state index contributed by atoms with van der Waals surface area (Å²) in [6.07, 6.45) is 1.68. The lowest BCUT2D eigenvalue weighted by Gasteiger charge is -2.15. The number of nitrogens with zero attached hydrogens (tertiary/aromatic N) is 1. The van der Waals surface area contributed by atoms with E-state index in [1.54, 1.807) is 12.3 Å². The van der Waals surface area contributed by atoms with Crippen LogP contribution in [-0.2, 0) is 0 Å². The van der Waals surface area contributed by atoms with E-state index in [1.165, 1.54) is 0 Å². The highest BCUT2D eigenvalue weighted by Gasteiger charge is 2.11. The maximum atomic E-state index is 5.92. The van der Waals surface area contributed by atoms with E-state index in [0.29, 0.717) is 17.5 Å². The molecule has 2 aromatic rings. The lowest BCUT2D eigenvalue weighted by Crippen LogP contribution is -1.99. The molecule has 0 aliphatic rings. The number of benzene rings is 1. The first kappa shape index (κ1) is 13.9. The summed E-state index contributed by atoms with van der Waals surface area (Å²) in [6, 6.07) is 7.97. The lowest BCUT2D eigenvalue weighted by molar-refractivity contribution is 0.456. The summed E-state index contributed by atoms with van der Waals surface area (Å²) in [4.78, 5) is 4.21. The Morgan fingerprint density at radius 2 is 2.00 bits per heavy atom. The molecule has 0 bridgehead atoms. The van der Waals surface area contributed by atoms with Gasteiger partial charge in [-0.2, -0.15) is 0 Å². The minimum atomic E-state index is 0.382. The first-order chi connectivity index (χ1) is 8.97. The molecule has 100 valence electrons. The molecular formula is C15H17BrN2O. The third kappa shape index (κ3) is 3.26. The zero-order valence-corrected chi connectivity index (χ0v) is 12.9. The second-order valence-corrected chi connectivity index (χ2v) is 5.76. The standard InChI is InChI=1S/C15H17BrN2O/c1-9(2)12-5-4-10(3)6-14(12)19-15-13(17)7-11(16)8-18-15/h4-9H,17H2,1-3H3. The molecule has 0 atom stereocenters. The third-order valence-electron chi connectivity index (χ3n) is 2.84. The number of aromatic nitrogens is 1. The number of ether oxygens (including phenoxy) is 1. The van der Waals surface area contributed by atoms with Crippen molar-refractivity contribution in [3.8, 4) is 11.6 Å². The van der Waals surface area contributed by atoms with Gasteiger partial charge in [-0.1, -0.05) is 26.0 Å². The molecule has 1 aromatic heterocycles. The largest absolute Gasteiger partial charge is 0.437 e. The normalized spacial score (nSPS) is 10.8. The van der Waals surface area contributed by atoms with Gasteiger partial charge in [0.2, 0.25) is 5.88 Å². The van der Waals surface area contributed by atoms with E-state index >= 15 is 0 Å². The van der Waals surface area contributed by atoms with Crippen molar-refractivity contribution in [1.29, 1.82) is 0 Å². The summed E-state index contributed by atoms with van der Waals surface area (Å²) in [7, 11) is 0. The Morgan fingerprint density at radius 3 is 2.63 bits per heavy atom. The number of pyridine rings is 1. The van der Waals surface area contributed by atoms with Crippen LogP contribution < -0.4 is 10.5 Å². The topological polar surface area (TPSA) is 48.1 Å². The number of anilines is 1. The molecule has 4 heteroatoms. The monoisotopic (exact) mass is 320 g/mol. The van der Waals surface area contributed by atoms with Crippen molar-refractivity contribution >= 4 is 21.6 Å². The Kier molecular flexibility index (Phi) is 4.10. The highest BCUT2D eigenvalue weighted by Crippen LogP contribution is 2.33. The molecular weight excluding hydrogens is 304 g/mol. The number of hydrogen-bond acceptors (Lipinski definition) is 3. The Hall–Kier alpha value is -1.55. The van der Waals surface area contributed by atoms with Gasteiger partial charge < -0.3 is 10.5 Å². The molecule has 0 saturated carbocycles. The van der Waals surface area contributed by atoms with E-state index in [-0.39, 0.29) is 0 Å². The van der Waals surface area contributed by atoms with Gasteiger partial charge in [0.25, 0.3) is 0 Å². The van der Waals surface area contributed by atoms with Crippen LogP contribution in [-0.4, -0.2) is 4.98 Å². The van der Waals surface area contributed by atoms with Gasteiger partial charge in [-0.3, -0.25) is 0 Å². The van der Waals surface area contributed by atoms with Gasteiger partial charge in [0.1, 0.15) is 5.75 Å². The van der Waals surface area contributed by atoms with Crippen LogP contribution in [0.4, 0.5) is 5.69 Å². The van der Waals surface area contributed by atoms with Crippen molar-refractivity contribution in [3.63, 3.8) is 0 Å². The molecule has 0 saturated heterocycles. The molecule has 2 rings (SSSR count). The number of nitrogen functional groups attached to an aromatic ring is 1. The van der Waals surface area contributed by atoms with Gasteiger partial charge in [-0.25, -0.2) is 4.98 Å². The number of hydrogen-bond donors (Lipinski definition) is 1. The Morgan fingerprint density at radius 1 is 1.26 bits per heavy atom. The van der Waals surface area contributed by atoms with Gasteiger partial charge in [0.15, 0.2) is 0 Å². The summed E-state index contributed by atoms with van der Waals surface area (Å²) >= 11 is 3.33. The first-order valence-corrected chi connectivity index (χ1v) is 6.96. The summed E-state index contributed by atoms with van der Waals surface area (Å²) in [5.74, 6) is 1.64. The van der Waals surface area contributed by atoms with Crippen LogP contribution >= 0.6 is 15.9 Å². The smallest absolute Gasteiger partial charge is 0.242 e. The lowest BCUT2D eigenvalue weighted by atomic mass is 10.0. The number of nitrogens with two attached hydrogens (primary N) is 1. The Bertz CT molecular complexity index is 597. The van der Waals surface area contributed by atoms with E-state index < -0.39 is 0 Å². The average Bonchev–Trinajstić information content (AvgIpc) is 2.32. The van der Waals surface area contributed by atoms with E-state index in [4.69, 9.17) is 10.5 Å². The van der Waals surface area contributed by atoms with Crippen molar-refractivity contribution in [2.45, 2.75) is 26.7 Å². The quantitative estimate of drug-likeness (QED) is 0.895. The van der Waals surface area contributed by atoms with E-state index in [2.05, 4.69) is 46.9 Å². The highest BCUT2D eigenvalue weighted by atomic mass is 79.9. The van der Waals surface area contributed by atoms with Gasteiger partial charge in [-0.15, -0.1) is 0 Å². The minimum Gasteiger partial charge on any atom is -0.437 e. The fourth-order valence-electron chi connectivity index (χ4n) is 1.84. The predicted molar refractivity (Wildman–Crippen MR) is 81.7 cm³/mol. The Labute approximate surface area is 121 Å². The minimum absolute atomic E-state index is 0.382. The SMILES string of the molecule is Cc1ccc(C(C)C)c(Oc2ncc(Br)cc2N)c1. The van der Waals surface area contributed by atoms with Crippen molar-refractivity contribution < 1.29 is 4.74 Å². The van der Waals surface area contributed by atoms with Gasteiger partial charge >= 0.3 is 0 Å². The molecule has 0 amide bonds. The fourth-order valence-corrected chi connectivity index (χ4v) is 2.19. The predicted octanol–water partition coefficient (Wildman–Crippen LogP) is 4.65. The van der Waals surface area contributed by atoms with Crippen molar-refractivity contribution in [2.75, 3.05) is 5.73 Å². The average molecular weight is 321 g/mol. The summed E-state index contributed by atoms with van der Waals surface area (Å²) < 4.78 is 6.72. The van der Waals surface area contributed by atoms with Crippen molar-refractivity contribution in [1.82, 2.24) is 4.98 Å². The summed E-state index contributed by atoms with van der Waals surface area (Å²) in [5, 5.41) is 0. The molecule has 19 heavy (non-hydrogen) atoms. The van der Waals surface area contributed by atoms with Gasteiger partial charge in [0, 0.05) is 10.7 Å². The third-order valence-corrected chi connectivity index (χ3v) is 3.28. The second-order valence-electron chi connectivity index (χ2n) is 4.85. The molecule has 0 fully saturated rings. The highest BCUT2D eigenvalue weighted by molar-refractivity contribution is 9.10. The molecule has 0 aliphatic carbocycles. The zero-order chi connectivity index (χ0) is 14.0. The van der Waals surface area contributed by atoms with Gasteiger partial charge in [0.05, 0.1) is 5.69 Å². The molecule has 1 aromatic carbocycles. The van der Waals surface area contributed by atoms with Crippen LogP contribution in [0.1, 0.15) is 30.9 Å². The maximum Gasteiger partial charge on any atom is 0.242 e. The molecule has 2 N–H and O–H groups in total. The van der Waals surface area contributed by atoms with Crippen LogP contribution in [0.5, 0.6) is 11.6 Å². The number of rotatable bonds is 3. The van der Waals surface area contributed by atoms with Crippen LogP contribution in [0.3, 0.4) is 0 Å². The van der Waals surface area contributed by atoms with E-state index in [9.17, 15) is 0 Å². The first-order valence-electron chi connectivity index (χ1n) is 6.17. The van der Waals surface area contributed by atoms with E-state index in [0.717, 1.165) is 21.3 Å². The fraction of sp³-hybridized carbons (Fsp3) is 0.267. The molecule has 1 heterocycles. The van der Waals surface area contributed by atoms with Crippen LogP contribution in [0.2, 0.25) is 0 Å². The molecule has 0 aliphatic heterocycles. The van der Waals surface area contributed by atoms with E-state index in [1.807, 2.05) is 13.0 Å². The van der Waals surface area contributed by atoms with Crippen LogP contribution in [0, 0.1) is 6.92 Å². The molecule has 3 nitrogen and oxygen atoms in total. The maximum absolute atomic E-state index is 5.92. The molecule has 0 unspecified atom stereocenters. The number of halogens is 1. The van der Waals surface area contributed by atoms with Crippen LogP contribution in [0.15, 0.2) is 34.9 Å². The Balaban J connectivity index is 2.39. The summed E-state index contributed by atoms with van der Waals surface area (Å²) in [5.41, 5.74) is 8.73. The second kappa shape index (κ2) is 5.61. The van der Waals surface area contributed by atoms with Crippen LogP contribution in [0.25, 0.3) is 0 Å². The summed E-state index contributed by atoms with van der Waals surface area (Å²) in [6.45, 7) is 6.31.